The van der Waals surface area contributed by atoms with Crippen LogP contribution in [-0.4, -0.2) is 21.3 Å². The molecule has 0 heterocycles. The first-order chi connectivity index (χ1) is 7.42. The molecule has 0 aromatic rings. The van der Waals surface area contributed by atoms with Gasteiger partial charge in [0.15, 0.2) is 0 Å². The average molecular weight is 251 g/mol. The van der Waals surface area contributed by atoms with E-state index in [9.17, 15) is 17.8 Å². The van der Waals surface area contributed by atoms with E-state index in [0.717, 1.165) is 12.8 Å². The number of alkyl halides is 2. The van der Waals surface area contributed by atoms with Gasteiger partial charge in [-0.25, -0.2) is 13.0 Å². The van der Waals surface area contributed by atoms with Crippen molar-refractivity contribution in [2.24, 2.45) is 11.8 Å². The van der Waals surface area contributed by atoms with E-state index >= 15 is 0 Å². The Bertz CT molecular complexity index is 331. The quantitative estimate of drug-likeness (QED) is 0.807. The van der Waals surface area contributed by atoms with Gasteiger partial charge in [-0.15, -0.1) is 0 Å². The lowest BCUT2D eigenvalue weighted by molar-refractivity contribution is -0.120. The second-order valence-corrected chi connectivity index (χ2v) is 6.64. The normalized spacial score (nSPS) is 32.2. The van der Waals surface area contributed by atoms with Crippen LogP contribution in [0.25, 0.3) is 0 Å². The number of amides is 1. The fourth-order valence-electron chi connectivity index (χ4n) is 1.71. The molecule has 3 nitrogen and oxygen atoms in total. The van der Waals surface area contributed by atoms with Crippen molar-refractivity contribution in [2.75, 3.05) is 0 Å². The molecule has 3 atom stereocenters. The van der Waals surface area contributed by atoms with Gasteiger partial charge in [0.2, 0.25) is 12.3 Å². The second-order valence-electron chi connectivity index (χ2n) is 4.91. The van der Waals surface area contributed by atoms with Crippen molar-refractivity contribution in [1.82, 2.24) is 4.72 Å². The minimum absolute atomic E-state index is 0.219. The summed E-state index contributed by atoms with van der Waals surface area (Å²) in [7, 11) is -1.35. The molecule has 2 aliphatic carbocycles. The number of carbonyl (C=O) groups excluding carboxylic acids is 1. The molecule has 2 fully saturated rings. The van der Waals surface area contributed by atoms with Crippen molar-refractivity contribution in [3.63, 3.8) is 0 Å². The Morgan fingerprint density at radius 1 is 1.56 bits per heavy atom. The third kappa shape index (κ3) is 2.59. The Balaban J connectivity index is 1.76. The Hall–Kier alpha value is -0.520. The molecule has 0 radical (unpaired) electrons. The second kappa shape index (κ2) is 4.05. The number of hydrogen-bond donors (Lipinski definition) is 1. The zero-order chi connectivity index (χ0) is 11.9. The molecule has 3 unspecified atom stereocenters. The van der Waals surface area contributed by atoms with Crippen LogP contribution >= 0.6 is 0 Å². The number of rotatable bonds is 5. The topological polar surface area (TPSA) is 46.2 Å². The number of nitrogens with one attached hydrogen (secondary N) is 1. The predicted octanol–water partition coefficient (Wildman–Crippen LogP) is 1.61. The predicted molar refractivity (Wildman–Crippen MR) is 56.1 cm³/mol. The zero-order valence-electron chi connectivity index (χ0n) is 9.04. The van der Waals surface area contributed by atoms with Gasteiger partial charge in [0.25, 0.3) is 0 Å². The summed E-state index contributed by atoms with van der Waals surface area (Å²) in [5.41, 5.74) is 0. The Labute approximate surface area is 95.6 Å². The van der Waals surface area contributed by atoms with Gasteiger partial charge in [-0.3, -0.25) is 9.52 Å². The van der Waals surface area contributed by atoms with Crippen LogP contribution in [-0.2, 0) is 15.8 Å². The maximum Gasteiger partial charge on any atom is 0.238 e. The molecule has 2 saturated carbocycles. The molecule has 0 aromatic heterocycles. The maximum absolute atomic E-state index is 12.0. The van der Waals surface area contributed by atoms with Gasteiger partial charge in [-0.2, -0.15) is 0 Å². The first kappa shape index (κ1) is 12.0. The SMILES string of the molecule is CC1(S(=O)NC(=O)C2CC2CC(F)F)CC1. The van der Waals surface area contributed by atoms with Gasteiger partial charge in [0.1, 0.15) is 11.0 Å². The van der Waals surface area contributed by atoms with Crippen LogP contribution < -0.4 is 4.72 Å². The minimum Gasteiger partial charge on any atom is -0.274 e. The van der Waals surface area contributed by atoms with E-state index in [4.69, 9.17) is 0 Å². The fraction of sp³-hybridized carbons (Fsp3) is 0.900. The molecule has 16 heavy (non-hydrogen) atoms. The number of hydrogen-bond acceptors (Lipinski definition) is 2. The van der Waals surface area contributed by atoms with Gasteiger partial charge in [-0.05, 0) is 32.1 Å². The van der Waals surface area contributed by atoms with Gasteiger partial charge in [0.05, 0.1) is 4.75 Å². The highest BCUT2D eigenvalue weighted by Crippen LogP contribution is 2.44. The molecule has 6 heteroatoms. The standard InChI is InChI=1S/C10H15F2NO2S/c1-10(2-3-10)16(15)13-9(14)7-4-6(7)5-8(11)12/h6-8H,2-5H2,1H3,(H,13,14). The van der Waals surface area contributed by atoms with Crippen LogP contribution in [0.5, 0.6) is 0 Å². The molecule has 0 aliphatic heterocycles. The molecule has 0 bridgehead atoms. The first-order valence-corrected chi connectivity index (χ1v) is 6.58. The Morgan fingerprint density at radius 3 is 2.69 bits per heavy atom. The summed E-state index contributed by atoms with van der Waals surface area (Å²) in [5, 5.41) is 0. The highest BCUT2D eigenvalue weighted by Gasteiger charge is 2.48. The van der Waals surface area contributed by atoms with Crippen molar-refractivity contribution < 1.29 is 17.8 Å². The molecule has 2 aliphatic rings. The fourth-order valence-corrected chi connectivity index (χ4v) is 2.76. The number of carbonyl (C=O) groups is 1. The van der Waals surface area contributed by atoms with E-state index < -0.39 is 17.4 Å². The highest BCUT2D eigenvalue weighted by atomic mass is 32.2. The van der Waals surface area contributed by atoms with Gasteiger partial charge in [-0.1, -0.05) is 0 Å². The van der Waals surface area contributed by atoms with Gasteiger partial charge >= 0.3 is 0 Å². The Morgan fingerprint density at radius 2 is 2.19 bits per heavy atom. The number of halogens is 2. The van der Waals surface area contributed by atoms with E-state index in [1.165, 1.54) is 0 Å². The van der Waals surface area contributed by atoms with Crippen LogP contribution in [0.3, 0.4) is 0 Å². The van der Waals surface area contributed by atoms with Gasteiger partial charge < -0.3 is 0 Å². The summed E-state index contributed by atoms with van der Waals surface area (Å²) >= 11 is 0. The van der Waals surface area contributed by atoms with Crippen LogP contribution in [0.2, 0.25) is 0 Å². The highest BCUT2D eigenvalue weighted by molar-refractivity contribution is 7.85. The van der Waals surface area contributed by atoms with E-state index in [2.05, 4.69) is 4.72 Å². The molecule has 0 saturated heterocycles. The molecule has 2 rings (SSSR count). The summed E-state index contributed by atoms with van der Waals surface area (Å²) in [6.45, 7) is 1.85. The van der Waals surface area contributed by atoms with Crippen LogP contribution in [0.4, 0.5) is 8.78 Å². The lowest BCUT2D eigenvalue weighted by atomic mass is 10.2. The van der Waals surface area contributed by atoms with Gasteiger partial charge in [0, 0.05) is 12.3 Å². The molecule has 1 N–H and O–H groups in total. The Kier molecular flexibility index (Phi) is 3.03. The minimum atomic E-state index is -2.35. The van der Waals surface area contributed by atoms with Crippen LogP contribution in [0.1, 0.15) is 32.6 Å². The largest absolute Gasteiger partial charge is 0.274 e. The first-order valence-electron chi connectivity index (χ1n) is 5.43. The third-order valence-corrected chi connectivity index (χ3v) is 5.03. The summed E-state index contributed by atoms with van der Waals surface area (Å²) in [6.07, 6.45) is -0.364. The summed E-state index contributed by atoms with van der Waals surface area (Å²) in [5.74, 6) is -0.888. The van der Waals surface area contributed by atoms with Crippen molar-refractivity contribution in [1.29, 1.82) is 0 Å². The lowest BCUT2D eigenvalue weighted by Gasteiger charge is -2.09. The van der Waals surface area contributed by atoms with Crippen molar-refractivity contribution in [3.8, 4) is 0 Å². The van der Waals surface area contributed by atoms with Crippen molar-refractivity contribution >= 4 is 16.9 Å². The van der Waals surface area contributed by atoms with Crippen LogP contribution in [0, 0.1) is 11.8 Å². The molecular weight excluding hydrogens is 236 g/mol. The third-order valence-electron chi connectivity index (χ3n) is 3.34. The smallest absolute Gasteiger partial charge is 0.238 e. The summed E-state index contributed by atoms with van der Waals surface area (Å²) in [6, 6.07) is 0. The van der Waals surface area contributed by atoms with E-state index in [1.54, 1.807) is 0 Å². The molecule has 0 spiro atoms. The summed E-state index contributed by atoms with van der Waals surface area (Å²) < 4.78 is 37.9. The van der Waals surface area contributed by atoms with Crippen molar-refractivity contribution in [2.45, 2.75) is 43.8 Å². The van der Waals surface area contributed by atoms with E-state index in [-0.39, 0.29) is 28.9 Å². The molecular formula is C10H15F2NO2S. The van der Waals surface area contributed by atoms with E-state index in [1.807, 2.05) is 6.92 Å². The maximum atomic E-state index is 12.0. The molecule has 92 valence electrons. The zero-order valence-corrected chi connectivity index (χ0v) is 9.86. The van der Waals surface area contributed by atoms with E-state index in [0.29, 0.717) is 6.42 Å². The average Bonchev–Trinajstić information content (AvgIpc) is 3.03. The van der Waals surface area contributed by atoms with Crippen LogP contribution in [0.15, 0.2) is 0 Å². The monoisotopic (exact) mass is 251 g/mol. The molecule has 1 amide bonds. The summed E-state index contributed by atoms with van der Waals surface area (Å²) in [4.78, 5) is 11.5. The lowest BCUT2D eigenvalue weighted by Crippen LogP contribution is -2.34. The van der Waals surface area contributed by atoms with Crippen molar-refractivity contribution in [3.05, 3.63) is 0 Å². The molecule has 0 aromatic carbocycles.